The predicted molar refractivity (Wildman–Crippen MR) is 61.7 cm³/mol. The number of hydrogen-bond donors (Lipinski definition) is 1. The van der Waals surface area contributed by atoms with Crippen LogP contribution in [0.5, 0.6) is 0 Å². The molecule has 2 aliphatic rings. The highest BCUT2D eigenvalue weighted by Gasteiger charge is 2.27. The van der Waals surface area contributed by atoms with Gasteiger partial charge in [0.1, 0.15) is 6.17 Å². The van der Waals surface area contributed by atoms with Gasteiger partial charge in [-0.15, -0.1) is 0 Å². The van der Waals surface area contributed by atoms with Crippen molar-refractivity contribution < 1.29 is 4.39 Å². The fraction of sp³-hybridized carbons (Fsp3) is 1.00. The lowest BCUT2D eigenvalue weighted by atomic mass is 9.83. The van der Waals surface area contributed by atoms with Crippen LogP contribution in [0.25, 0.3) is 0 Å². The summed E-state index contributed by atoms with van der Waals surface area (Å²) in [5.41, 5.74) is 0. The molecule has 0 aromatic carbocycles. The van der Waals surface area contributed by atoms with Crippen LogP contribution in [0.3, 0.4) is 0 Å². The van der Waals surface area contributed by atoms with Crippen LogP contribution in [0.2, 0.25) is 0 Å². The van der Waals surface area contributed by atoms with Crippen molar-refractivity contribution in [2.45, 2.75) is 57.5 Å². The van der Waals surface area contributed by atoms with E-state index < -0.39 is 6.17 Å². The molecular formula is C13H24FN. The Balaban J connectivity index is 1.78. The van der Waals surface area contributed by atoms with Crippen molar-refractivity contribution in [2.24, 2.45) is 11.8 Å². The first-order chi connectivity index (χ1) is 7.36. The quantitative estimate of drug-likeness (QED) is 0.694. The lowest BCUT2D eigenvalue weighted by Crippen LogP contribution is -2.38. The highest BCUT2D eigenvalue weighted by molar-refractivity contribution is 4.80. The maximum atomic E-state index is 13.6. The Labute approximate surface area is 92.8 Å². The molecule has 2 fully saturated rings. The van der Waals surface area contributed by atoms with Gasteiger partial charge in [0.15, 0.2) is 0 Å². The SMILES string of the molecule is FC1CNCCC1CC1CCCCCC1. The molecule has 0 aromatic heterocycles. The molecule has 0 amide bonds. The molecule has 2 atom stereocenters. The van der Waals surface area contributed by atoms with Crippen LogP contribution >= 0.6 is 0 Å². The number of alkyl halides is 1. The molecule has 1 heterocycles. The molecular weight excluding hydrogens is 189 g/mol. The molecule has 1 nitrogen and oxygen atoms in total. The average molecular weight is 213 g/mol. The summed E-state index contributed by atoms with van der Waals surface area (Å²) in [5, 5.41) is 3.14. The van der Waals surface area contributed by atoms with Crippen molar-refractivity contribution in [2.75, 3.05) is 13.1 Å². The molecule has 2 unspecified atom stereocenters. The van der Waals surface area contributed by atoms with Crippen LogP contribution in [0.15, 0.2) is 0 Å². The first-order valence-electron chi connectivity index (χ1n) is 6.71. The Hall–Kier alpha value is -0.110. The summed E-state index contributed by atoms with van der Waals surface area (Å²) < 4.78 is 13.6. The Bertz CT molecular complexity index is 175. The van der Waals surface area contributed by atoms with Crippen molar-refractivity contribution in [1.82, 2.24) is 5.32 Å². The summed E-state index contributed by atoms with van der Waals surface area (Å²) in [7, 11) is 0. The molecule has 2 heteroatoms. The topological polar surface area (TPSA) is 12.0 Å². The van der Waals surface area contributed by atoms with E-state index in [0.29, 0.717) is 12.5 Å². The molecule has 1 saturated heterocycles. The third-order valence-corrected chi connectivity index (χ3v) is 4.15. The van der Waals surface area contributed by atoms with Gasteiger partial charge in [0.2, 0.25) is 0 Å². The fourth-order valence-corrected chi connectivity index (χ4v) is 3.17. The van der Waals surface area contributed by atoms with Gasteiger partial charge in [-0.2, -0.15) is 0 Å². The predicted octanol–water partition coefficient (Wildman–Crippen LogP) is 3.29. The second-order valence-electron chi connectivity index (χ2n) is 5.36. The van der Waals surface area contributed by atoms with E-state index in [-0.39, 0.29) is 0 Å². The molecule has 0 bridgehead atoms. The van der Waals surface area contributed by atoms with Gasteiger partial charge in [-0.3, -0.25) is 0 Å². The number of piperidine rings is 1. The van der Waals surface area contributed by atoms with Gasteiger partial charge in [0.25, 0.3) is 0 Å². The second-order valence-corrected chi connectivity index (χ2v) is 5.36. The summed E-state index contributed by atoms with van der Waals surface area (Å²) in [6, 6.07) is 0. The van der Waals surface area contributed by atoms with Gasteiger partial charge in [-0.05, 0) is 31.2 Å². The van der Waals surface area contributed by atoms with Crippen molar-refractivity contribution in [3.8, 4) is 0 Å². The first kappa shape index (κ1) is 11.4. The Morgan fingerprint density at radius 3 is 2.40 bits per heavy atom. The van der Waals surface area contributed by atoms with Crippen molar-refractivity contribution in [1.29, 1.82) is 0 Å². The van der Waals surface area contributed by atoms with E-state index >= 15 is 0 Å². The third-order valence-electron chi connectivity index (χ3n) is 4.15. The molecule has 0 radical (unpaired) electrons. The average Bonchev–Trinajstić information content (AvgIpc) is 2.50. The molecule has 1 N–H and O–H groups in total. The van der Waals surface area contributed by atoms with E-state index in [0.717, 1.165) is 25.3 Å². The zero-order chi connectivity index (χ0) is 10.5. The monoisotopic (exact) mass is 213 g/mol. The fourth-order valence-electron chi connectivity index (χ4n) is 3.17. The largest absolute Gasteiger partial charge is 0.314 e. The normalized spacial score (nSPS) is 35.0. The van der Waals surface area contributed by atoms with Gasteiger partial charge >= 0.3 is 0 Å². The van der Waals surface area contributed by atoms with E-state index in [1.807, 2.05) is 0 Å². The lowest BCUT2D eigenvalue weighted by molar-refractivity contribution is 0.149. The summed E-state index contributed by atoms with van der Waals surface area (Å²) in [6.45, 7) is 1.62. The van der Waals surface area contributed by atoms with E-state index in [4.69, 9.17) is 0 Å². The third kappa shape index (κ3) is 3.44. The first-order valence-corrected chi connectivity index (χ1v) is 6.71. The second kappa shape index (κ2) is 5.83. The highest BCUT2D eigenvalue weighted by atomic mass is 19.1. The Morgan fingerprint density at radius 2 is 1.73 bits per heavy atom. The minimum Gasteiger partial charge on any atom is -0.314 e. The van der Waals surface area contributed by atoms with Crippen LogP contribution in [-0.2, 0) is 0 Å². The van der Waals surface area contributed by atoms with Crippen LogP contribution in [0.1, 0.15) is 51.4 Å². The molecule has 0 spiro atoms. The Morgan fingerprint density at radius 1 is 1.00 bits per heavy atom. The van der Waals surface area contributed by atoms with E-state index in [9.17, 15) is 4.39 Å². The Kier molecular flexibility index (Phi) is 4.42. The minimum atomic E-state index is -0.581. The molecule has 1 saturated carbocycles. The number of nitrogens with one attached hydrogen (secondary N) is 1. The van der Waals surface area contributed by atoms with Crippen molar-refractivity contribution in [3.05, 3.63) is 0 Å². The summed E-state index contributed by atoms with van der Waals surface area (Å²) in [4.78, 5) is 0. The number of halogens is 1. The molecule has 15 heavy (non-hydrogen) atoms. The summed E-state index contributed by atoms with van der Waals surface area (Å²) in [5.74, 6) is 1.18. The minimum absolute atomic E-state index is 0.356. The van der Waals surface area contributed by atoms with Crippen LogP contribution in [-0.4, -0.2) is 19.3 Å². The zero-order valence-corrected chi connectivity index (χ0v) is 9.68. The molecule has 1 aliphatic heterocycles. The van der Waals surface area contributed by atoms with Crippen molar-refractivity contribution >= 4 is 0 Å². The van der Waals surface area contributed by atoms with Crippen LogP contribution in [0.4, 0.5) is 4.39 Å². The highest BCUT2D eigenvalue weighted by Crippen LogP contribution is 2.31. The smallest absolute Gasteiger partial charge is 0.115 e. The van der Waals surface area contributed by atoms with Crippen molar-refractivity contribution in [3.63, 3.8) is 0 Å². The summed E-state index contributed by atoms with van der Waals surface area (Å²) >= 11 is 0. The molecule has 0 aromatic rings. The molecule has 88 valence electrons. The van der Waals surface area contributed by atoms with Gasteiger partial charge in [0.05, 0.1) is 0 Å². The van der Waals surface area contributed by atoms with Gasteiger partial charge < -0.3 is 5.32 Å². The van der Waals surface area contributed by atoms with Gasteiger partial charge in [-0.25, -0.2) is 4.39 Å². The zero-order valence-electron chi connectivity index (χ0n) is 9.68. The van der Waals surface area contributed by atoms with Gasteiger partial charge in [-0.1, -0.05) is 38.5 Å². The van der Waals surface area contributed by atoms with E-state index in [2.05, 4.69) is 5.32 Å². The molecule has 2 rings (SSSR count). The summed E-state index contributed by atoms with van der Waals surface area (Å²) in [6.07, 6.45) is 9.92. The van der Waals surface area contributed by atoms with Crippen LogP contribution in [0, 0.1) is 11.8 Å². The van der Waals surface area contributed by atoms with E-state index in [1.54, 1.807) is 0 Å². The van der Waals surface area contributed by atoms with Crippen LogP contribution < -0.4 is 5.32 Å². The number of rotatable bonds is 2. The van der Waals surface area contributed by atoms with E-state index in [1.165, 1.54) is 38.5 Å². The number of hydrogen-bond acceptors (Lipinski definition) is 1. The van der Waals surface area contributed by atoms with Gasteiger partial charge in [0, 0.05) is 6.54 Å². The standard InChI is InChI=1S/C13H24FN/c14-13-10-15-8-7-12(13)9-11-5-3-1-2-4-6-11/h11-13,15H,1-10H2. The lowest BCUT2D eigenvalue weighted by Gasteiger charge is -2.29. The maximum Gasteiger partial charge on any atom is 0.115 e. The maximum absolute atomic E-state index is 13.6. The molecule has 1 aliphatic carbocycles.